The molecule has 1 saturated carbocycles. The van der Waals surface area contributed by atoms with Crippen molar-refractivity contribution in [3.8, 4) is 5.75 Å². The maximum Gasteiger partial charge on any atom is 0.312 e. The van der Waals surface area contributed by atoms with E-state index >= 15 is 0 Å². The van der Waals surface area contributed by atoms with E-state index in [1.807, 2.05) is 34.1 Å². The minimum Gasteiger partial charge on any atom is -0.508 e. The summed E-state index contributed by atoms with van der Waals surface area (Å²) in [5.74, 6) is -1.33. The number of nitrogens with zero attached hydrogens (tertiary/aromatic N) is 4. The highest BCUT2D eigenvalue weighted by molar-refractivity contribution is 14.1. The largest absolute Gasteiger partial charge is 0.508 e. The van der Waals surface area contributed by atoms with Crippen LogP contribution in [-0.4, -0.2) is 110 Å². The van der Waals surface area contributed by atoms with Crippen LogP contribution in [0.5, 0.6) is 5.75 Å². The van der Waals surface area contributed by atoms with Crippen LogP contribution in [0.15, 0.2) is 66.7 Å². The molecule has 10 nitrogen and oxygen atoms in total. The summed E-state index contributed by atoms with van der Waals surface area (Å²) in [5, 5.41) is 14.9. The molecule has 0 unspecified atom stereocenters. The number of nitrogens with one attached hydrogen (secondary N) is 1. The Morgan fingerprint density at radius 1 is 0.784 bits per heavy atom. The first kappa shape index (κ1) is 35.7. The number of piperazine rings is 2. The fraction of sp³-hybridized carbons (Fsp3) is 0.500. The molecule has 0 spiro atoms. The summed E-state index contributed by atoms with van der Waals surface area (Å²) >= 11 is 2.22. The zero-order valence-electron chi connectivity index (χ0n) is 29.1. The molecule has 4 atom stereocenters. The molecule has 51 heavy (non-hydrogen) atoms. The van der Waals surface area contributed by atoms with Gasteiger partial charge in [0.15, 0.2) is 0 Å². The molecule has 0 aromatic heterocycles. The van der Waals surface area contributed by atoms with Crippen molar-refractivity contribution >= 4 is 57.0 Å². The zero-order chi connectivity index (χ0) is 35.5. The van der Waals surface area contributed by atoms with Crippen LogP contribution in [-0.2, 0) is 32.0 Å². The number of hydrogen-bond acceptors (Lipinski definition) is 6. The second-order valence-corrected chi connectivity index (χ2v) is 16.3. The topological polar surface area (TPSA) is 114 Å². The van der Waals surface area contributed by atoms with E-state index in [1.54, 1.807) is 17.0 Å². The molecule has 3 aromatic carbocycles. The number of halogens is 1. The van der Waals surface area contributed by atoms with Crippen molar-refractivity contribution in [1.82, 2.24) is 24.9 Å². The van der Waals surface area contributed by atoms with Crippen molar-refractivity contribution in [2.75, 3.05) is 39.3 Å². The van der Waals surface area contributed by atoms with Crippen LogP contribution in [0, 0.1) is 5.92 Å². The Kier molecular flexibility index (Phi) is 11.1. The Hall–Kier alpha value is -3.71. The summed E-state index contributed by atoms with van der Waals surface area (Å²) in [6, 6.07) is 21.3. The van der Waals surface area contributed by atoms with Gasteiger partial charge in [0.1, 0.15) is 9.80 Å². The van der Waals surface area contributed by atoms with Crippen LogP contribution in [0.1, 0.15) is 56.1 Å². The number of carbonyl (C=O) groups excluding carboxylic acids is 4. The summed E-state index contributed by atoms with van der Waals surface area (Å²) in [7, 11) is 0. The molecule has 0 bridgehead atoms. The Labute approximate surface area is 313 Å². The number of rotatable bonds is 11. The molecule has 3 aliphatic heterocycles. The van der Waals surface area contributed by atoms with Gasteiger partial charge in [0.25, 0.3) is 0 Å². The molecule has 2 N–H and O–H groups in total. The standard InChI is InChI=1S/C40H48IN5O5/c41-36-22-42-37(48)38(49)46(36)25-31-13-7-19-43(31)24-33(21-30-12-6-11-29-10-4-5-14-35(29)30)45-26-32(20-27-15-17-34(47)18-16-27)44(39(50)40(45)51)23-28-8-2-1-3-9-28/h4-6,10-12,14-18,28,31-33,36,47H,1-3,7-9,13,19-26H2,(H,42,48)/t31-,32+,33+,36-/m0/s1. The highest BCUT2D eigenvalue weighted by Gasteiger charge is 2.44. The van der Waals surface area contributed by atoms with Crippen LogP contribution in [0.4, 0.5) is 0 Å². The third kappa shape index (κ3) is 8.04. The first-order chi connectivity index (χ1) is 24.7. The number of aromatic hydroxyl groups is 1. The number of alkyl halides is 1. The van der Waals surface area contributed by atoms with E-state index in [2.05, 4.69) is 63.1 Å². The molecular formula is C40H48IN5O5. The third-order valence-corrected chi connectivity index (χ3v) is 12.6. The van der Waals surface area contributed by atoms with Crippen LogP contribution >= 0.6 is 22.6 Å². The van der Waals surface area contributed by atoms with Crippen molar-refractivity contribution in [3.63, 3.8) is 0 Å². The molecule has 7 rings (SSSR count). The van der Waals surface area contributed by atoms with Gasteiger partial charge in [-0.2, -0.15) is 0 Å². The van der Waals surface area contributed by atoms with Gasteiger partial charge in [-0.1, -0.05) is 96.5 Å². The SMILES string of the molecule is O=C1NC[C@@H](I)N(C[C@@H]2CCCN2C[C@@H](Cc2cccc3ccccc23)N2C[C@@H](Cc3ccc(O)cc3)N(CC3CCCCC3)C(=O)C2=O)C1=O. The van der Waals surface area contributed by atoms with Gasteiger partial charge >= 0.3 is 23.6 Å². The Balaban J connectivity index is 1.20. The Morgan fingerprint density at radius 2 is 1.55 bits per heavy atom. The molecule has 0 radical (unpaired) electrons. The van der Waals surface area contributed by atoms with Gasteiger partial charge in [-0.3, -0.25) is 24.1 Å². The lowest BCUT2D eigenvalue weighted by molar-refractivity contribution is -0.162. The van der Waals surface area contributed by atoms with Gasteiger partial charge in [-0.15, -0.1) is 0 Å². The Morgan fingerprint density at radius 3 is 2.35 bits per heavy atom. The minimum atomic E-state index is -0.559. The first-order valence-corrected chi connectivity index (χ1v) is 19.8. The van der Waals surface area contributed by atoms with Crippen LogP contribution in [0.2, 0.25) is 0 Å². The summed E-state index contributed by atoms with van der Waals surface area (Å²) < 4.78 is -0.126. The minimum absolute atomic E-state index is 0.0401. The molecular weight excluding hydrogens is 757 g/mol. The highest BCUT2D eigenvalue weighted by atomic mass is 127. The summed E-state index contributed by atoms with van der Waals surface area (Å²) in [6.45, 7) is 3.27. The average molecular weight is 806 g/mol. The lowest BCUT2D eigenvalue weighted by atomic mass is 9.87. The van der Waals surface area contributed by atoms with E-state index in [0.717, 1.165) is 67.0 Å². The molecule has 1 aliphatic carbocycles. The maximum atomic E-state index is 14.4. The van der Waals surface area contributed by atoms with Crippen LogP contribution in [0.3, 0.4) is 0 Å². The molecule has 4 fully saturated rings. The van der Waals surface area contributed by atoms with Gasteiger partial charge in [-0.05, 0) is 85.0 Å². The van der Waals surface area contributed by atoms with E-state index < -0.39 is 23.6 Å². The van der Waals surface area contributed by atoms with E-state index in [4.69, 9.17) is 0 Å². The third-order valence-electron chi connectivity index (χ3n) is 11.5. The maximum absolute atomic E-state index is 14.4. The average Bonchev–Trinajstić information content (AvgIpc) is 3.59. The molecule has 4 aliphatic rings. The summed E-state index contributed by atoms with van der Waals surface area (Å²) in [4.78, 5) is 61.7. The quantitative estimate of drug-likeness (QED) is 0.128. The summed E-state index contributed by atoms with van der Waals surface area (Å²) in [6.07, 6.45) is 8.71. The predicted octanol–water partition coefficient (Wildman–Crippen LogP) is 4.50. The van der Waals surface area contributed by atoms with E-state index in [9.17, 15) is 24.3 Å². The van der Waals surface area contributed by atoms with Crippen LogP contribution < -0.4 is 5.32 Å². The number of carbonyl (C=O) groups is 4. The van der Waals surface area contributed by atoms with Crippen molar-refractivity contribution < 1.29 is 24.3 Å². The van der Waals surface area contributed by atoms with Crippen molar-refractivity contribution in [2.24, 2.45) is 5.92 Å². The number of amides is 4. The number of phenolic OH excluding ortho intramolecular Hbond substituents is 1. The number of benzene rings is 3. The monoisotopic (exact) mass is 805 g/mol. The number of fused-ring (bicyclic) bond motifs is 1. The smallest absolute Gasteiger partial charge is 0.312 e. The van der Waals surface area contributed by atoms with Gasteiger partial charge in [0, 0.05) is 44.8 Å². The zero-order valence-corrected chi connectivity index (χ0v) is 31.2. The molecule has 3 aromatic rings. The molecule has 3 saturated heterocycles. The number of hydrogen-bond donors (Lipinski definition) is 2. The second-order valence-electron chi connectivity index (χ2n) is 14.8. The molecule has 4 amide bonds. The first-order valence-electron chi connectivity index (χ1n) is 18.6. The fourth-order valence-corrected chi connectivity index (χ4v) is 9.45. The number of phenols is 1. The van der Waals surface area contributed by atoms with Gasteiger partial charge in [0.2, 0.25) is 0 Å². The van der Waals surface area contributed by atoms with E-state index in [1.165, 1.54) is 6.42 Å². The molecule has 3 heterocycles. The van der Waals surface area contributed by atoms with Crippen molar-refractivity contribution in [1.29, 1.82) is 0 Å². The Bertz CT molecular complexity index is 1740. The van der Waals surface area contributed by atoms with Gasteiger partial charge in [-0.25, -0.2) is 0 Å². The van der Waals surface area contributed by atoms with Crippen LogP contribution in [0.25, 0.3) is 10.8 Å². The normalized spacial score (nSPS) is 24.4. The molecule has 270 valence electrons. The molecule has 11 heteroatoms. The fourth-order valence-electron chi connectivity index (χ4n) is 8.75. The van der Waals surface area contributed by atoms with Crippen molar-refractivity contribution in [2.45, 2.75) is 80.0 Å². The van der Waals surface area contributed by atoms with E-state index in [-0.39, 0.29) is 27.9 Å². The lowest BCUT2D eigenvalue weighted by Gasteiger charge is -2.46. The van der Waals surface area contributed by atoms with Crippen molar-refractivity contribution in [3.05, 3.63) is 77.9 Å². The highest BCUT2D eigenvalue weighted by Crippen LogP contribution is 2.31. The van der Waals surface area contributed by atoms with Gasteiger partial charge < -0.3 is 25.1 Å². The predicted molar refractivity (Wildman–Crippen MR) is 204 cm³/mol. The second kappa shape index (κ2) is 15.9. The van der Waals surface area contributed by atoms with Gasteiger partial charge in [0.05, 0.1) is 6.04 Å². The van der Waals surface area contributed by atoms with E-state index in [0.29, 0.717) is 51.5 Å². The lowest BCUT2D eigenvalue weighted by Crippen LogP contribution is -2.65. The summed E-state index contributed by atoms with van der Waals surface area (Å²) in [5.41, 5.74) is 2.14. The number of likely N-dealkylation sites (tertiary alicyclic amines) is 1.